The van der Waals surface area contributed by atoms with E-state index in [1.807, 2.05) is 0 Å². The second-order valence-electron chi connectivity index (χ2n) is 6.48. The Morgan fingerprint density at radius 2 is 1.95 bits per heavy atom. The minimum Gasteiger partial charge on any atom is -0.396 e. The van der Waals surface area contributed by atoms with Crippen molar-refractivity contribution in [1.29, 1.82) is 0 Å². The number of hydrogen-bond donors (Lipinski definition) is 3. The normalized spacial score (nSPS) is 21.4. The van der Waals surface area contributed by atoms with Gasteiger partial charge in [0, 0.05) is 19.2 Å². The zero-order chi connectivity index (χ0) is 15.9. The number of amides is 2. The maximum absolute atomic E-state index is 11.9. The Morgan fingerprint density at radius 3 is 2.59 bits per heavy atom. The Hall–Kier alpha value is -1.55. The summed E-state index contributed by atoms with van der Waals surface area (Å²) in [4.78, 5) is 11.9. The van der Waals surface area contributed by atoms with Gasteiger partial charge in [-0.05, 0) is 63.0 Å². The molecule has 22 heavy (non-hydrogen) atoms. The molecule has 0 heterocycles. The summed E-state index contributed by atoms with van der Waals surface area (Å²) in [6.07, 6.45) is 4.80. The van der Waals surface area contributed by atoms with E-state index in [0.29, 0.717) is 12.5 Å². The van der Waals surface area contributed by atoms with Crippen LogP contribution in [0.5, 0.6) is 0 Å². The number of nitrogens with one attached hydrogen (secondary N) is 2. The predicted molar refractivity (Wildman–Crippen MR) is 89.0 cm³/mol. The van der Waals surface area contributed by atoms with Crippen LogP contribution in [0.4, 0.5) is 4.79 Å². The molecule has 0 spiro atoms. The number of hydrogen-bond acceptors (Lipinski definition) is 2. The van der Waals surface area contributed by atoms with E-state index < -0.39 is 0 Å². The molecule has 0 radical (unpaired) electrons. The van der Waals surface area contributed by atoms with Crippen molar-refractivity contribution in [3.8, 4) is 0 Å². The van der Waals surface area contributed by atoms with E-state index in [2.05, 4.69) is 42.7 Å². The van der Waals surface area contributed by atoms with Crippen LogP contribution in [0, 0.1) is 19.8 Å². The van der Waals surface area contributed by atoms with Crippen LogP contribution in [0.1, 0.15) is 42.4 Å². The van der Waals surface area contributed by atoms with Crippen molar-refractivity contribution in [3.63, 3.8) is 0 Å². The molecule has 1 aromatic carbocycles. The number of aliphatic hydroxyl groups is 1. The molecule has 0 atom stereocenters. The van der Waals surface area contributed by atoms with Gasteiger partial charge in [0.15, 0.2) is 0 Å². The molecule has 0 aliphatic heterocycles. The van der Waals surface area contributed by atoms with Gasteiger partial charge < -0.3 is 15.7 Å². The Kier molecular flexibility index (Phi) is 6.25. The molecule has 3 N–H and O–H groups in total. The lowest BCUT2D eigenvalue weighted by Crippen LogP contribution is -2.44. The molecular weight excluding hydrogens is 276 g/mol. The average molecular weight is 304 g/mol. The summed E-state index contributed by atoms with van der Waals surface area (Å²) in [7, 11) is 0. The minimum atomic E-state index is -0.0720. The molecule has 0 unspecified atom stereocenters. The molecule has 0 aromatic heterocycles. The fourth-order valence-corrected chi connectivity index (χ4v) is 3.16. The lowest BCUT2D eigenvalue weighted by Gasteiger charge is -2.27. The first-order valence-electron chi connectivity index (χ1n) is 8.30. The monoisotopic (exact) mass is 304 g/mol. The summed E-state index contributed by atoms with van der Waals surface area (Å²) in [5.41, 5.74) is 3.84. The Morgan fingerprint density at radius 1 is 1.23 bits per heavy atom. The maximum atomic E-state index is 11.9. The molecule has 1 aliphatic rings. The topological polar surface area (TPSA) is 61.4 Å². The number of carbonyl (C=O) groups excluding carboxylic acids is 1. The minimum absolute atomic E-state index is 0.0720. The van der Waals surface area contributed by atoms with Crippen LogP contribution < -0.4 is 10.6 Å². The number of urea groups is 1. The van der Waals surface area contributed by atoms with Crippen molar-refractivity contribution in [3.05, 3.63) is 34.9 Å². The highest BCUT2D eigenvalue weighted by atomic mass is 16.3. The SMILES string of the molecule is Cc1ccc(CCNC(=O)NC2CCC(CO)CC2)c(C)c1. The summed E-state index contributed by atoms with van der Waals surface area (Å²) in [5.74, 6) is 0.422. The van der Waals surface area contributed by atoms with E-state index in [1.165, 1.54) is 16.7 Å². The van der Waals surface area contributed by atoms with Gasteiger partial charge in [0.05, 0.1) is 0 Å². The van der Waals surface area contributed by atoms with Crippen molar-refractivity contribution >= 4 is 6.03 Å². The lowest BCUT2D eigenvalue weighted by atomic mass is 9.87. The lowest BCUT2D eigenvalue weighted by molar-refractivity contribution is 0.174. The van der Waals surface area contributed by atoms with Gasteiger partial charge in [-0.1, -0.05) is 23.8 Å². The van der Waals surface area contributed by atoms with E-state index in [0.717, 1.165) is 32.1 Å². The fraction of sp³-hybridized carbons (Fsp3) is 0.611. The van der Waals surface area contributed by atoms with E-state index in [9.17, 15) is 4.79 Å². The summed E-state index contributed by atoms with van der Waals surface area (Å²) in [6.45, 7) is 5.13. The molecule has 4 nitrogen and oxygen atoms in total. The van der Waals surface area contributed by atoms with Crippen molar-refractivity contribution in [2.45, 2.75) is 52.0 Å². The van der Waals surface area contributed by atoms with E-state index in [-0.39, 0.29) is 18.7 Å². The van der Waals surface area contributed by atoms with E-state index >= 15 is 0 Å². The molecule has 1 aromatic rings. The quantitative estimate of drug-likeness (QED) is 0.783. The van der Waals surface area contributed by atoms with Crippen LogP contribution in [0.2, 0.25) is 0 Å². The van der Waals surface area contributed by atoms with Crippen LogP contribution >= 0.6 is 0 Å². The molecule has 1 aliphatic carbocycles. The Bertz CT molecular complexity index is 494. The largest absolute Gasteiger partial charge is 0.396 e. The van der Waals surface area contributed by atoms with Crippen molar-refractivity contribution in [1.82, 2.24) is 10.6 Å². The van der Waals surface area contributed by atoms with Crippen LogP contribution in [-0.4, -0.2) is 30.3 Å². The Labute approximate surface area is 133 Å². The van der Waals surface area contributed by atoms with Gasteiger partial charge in [0.2, 0.25) is 0 Å². The van der Waals surface area contributed by atoms with Crippen LogP contribution in [-0.2, 0) is 6.42 Å². The highest BCUT2D eigenvalue weighted by Gasteiger charge is 2.21. The molecule has 122 valence electrons. The molecule has 4 heteroatoms. The fourth-order valence-electron chi connectivity index (χ4n) is 3.16. The second kappa shape index (κ2) is 8.18. The van der Waals surface area contributed by atoms with Gasteiger partial charge in [0.1, 0.15) is 0 Å². The highest BCUT2D eigenvalue weighted by Crippen LogP contribution is 2.23. The van der Waals surface area contributed by atoms with Crippen molar-refractivity contribution in [2.24, 2.45) is 5.92 Å². The highest BCUT2D eigenvalue weighted by molar-refractivity contribution is 5.74. The van der Waals surface area contributed by atoms with Crippen LogP contribution in [0.15, 0.2) is 18.2 Å². The molecule has 2 rings (SSSR count). The number of rotatable bonds is 5. The third kappa shape index (κ3) is 5.02. The van der Waals surface area contributed by atoms with Gasteiger partial charge >= 0.3 is 6.03 Å². The number of carbonyl (C=O) groups is 1. The molecule has 0 bridgehead atoms. The van der Waals surface area contributed by atoms with Gasteiger partial charge in [-0.25, -0.2) is 4.79 Å². The summed E-state index contributed by atoms with van der Waals surface area (Å²) in [6, 6.07) is 6.61. The van der Waals surface area contributed by atoms with Gasteiger partial charge in [-0.3, -0.25) is 0 Å². The van der Waals surface area contributed by atoms with E-state index in [4.69, 9.17) is 5.11 Å². The van der Waals surface area contributed by atoms with Gasteiger partial charge in [-0.2, -0.15) is 0 Å². The molecular formula is C18H28N2O2. The molecule has 1 saturated carbocycles. The van der Waals surface area contributed by atoms with Crippen molar-refractivity contribution < 1.29 is 9.90 Å². The van der Waals surface area contributed by atoms with Gasteiger partial charge in [0.25, 0.3) is 0 Å². The second-order valence-corrected chi connectivity index (χ2v) is 6.48. The predicted octanol–water partition coefficient (Wildman–Crippen LogP) is 2.70. The first-order valence-corrected chi connectivity index (χ1v) is 8.30. The molecule has 2 amide bonds. The maximum Gasteiger partial charge on any atom is 0.315 e. The first kappa shape index (κ1) is 16.8. The third-order valence-corrected chi connectivity index (χ3v) is 4.62. The molecule has 0 saturated heterocycles. The summed E-state index contributed by atoms with van der Waals surface area (Å²) >= 11 is 0. The number of aliphatic hydroxyl groups excluding tert-OH is 1. The van der Waals surface area contributed by atoms with Gasteiger partial charge in [-0.15, -0.1) is 0 Å². The smallest absolute Gasteiger partial charge is 0.315 e. The zero-order valence-electron chi connectivity index (χ0n) is 13.7. The third-order valence-electron chi connectivity index (χ3n) is 4.62. The summed E-state index contributed by atoms with van der Waals surface area (Å²) < 4.78 is 0. The average Bonchev–Trinajstić information content (AvgIpc) is 2.50. The van der Waals surface area contributed by atoms with Crippen LogP contribution in [0.3, 0.4) is 0 Å². The summed E-state index contributed by atoms with van der Waals surface area (Å²) in [5, 5.41) is 15.1. The standard InChI is InChI=1S/C18H28N2O2/c1-13-3-6-16(14(2)11-13)9-10-19-18(22)20-17-7-4-15(12-21)5-8-17/h3,6,11,15,17,21H,4-5,7-10,12H2,1-2H3,(H2,19,20,22). The molecule has 1 fully saturated rings. The van der Waals surface area contributed by atoms with Crippen molar-refractivity contribution in [2.75, 3.05) is 13.2 Å². The van der Waals surface area contributed by atoms with E-state index in [1.54, 1.807) is 0 Å². The zero-order valence-corrected chi connectivity index (χ0v) is 13.7. The van der Waals surface area contributed by atoms with Crippen LogP contribution in [0.25, 0.3) is 0 Å². The first-order chi connectivity index (χ1) is 10.6. The number of benzene rings is 1. The Balaban J connectivity index is 1.67. The number of aryl methyl sites for hydroxylation is 2.